The maximum absolute atomic E-state index is 12.5. The Hall–Kier alpha value is -3.35. The standard InChI is InChI=1S/C23H28N4O3/c1-16-7-9-17(10-8-16)27-20(14-19(26-27)23(2,3)4)25-22(29)12-11-21(28)24-15-18-6-5-13-30-18/h5-10,13-14H,11-12,15H2,1-4H3,(H,24,28)(H,25,29). The third kappa shape index (κ3) is 5.59. The van der Waals surface area contributed by atoms with Gasteiger partial charge in [-0.15, -0.1) is 0 Å². The van der Waals surface area contributed by atoms with Crippen molar-refractivity contribution in [3.05, 3.63) is 65.7 Å². The van der Waals surface area contributed by atoms with Crippen LogP contribution in [0.4, 0.5) is 5.82 Å². The fourth-order valence-corrected chi connectivity index (χ4v) is 2.84. The molecular weight excluding hydrogens is 380 g/mol. The second-order valence-corrected chi connectivity index (χ2v) is 8.32. The quantitative estimate of drug-likeness (QED) is 0.616. The Morgan fingerprint density at radius 1 is 1.07 bits per heavy atom. The second-order valence-electron chi connectivity index (χ2n) is 8.32. The highest BCUT2D eigenvalue weighted by molar-refractivity contribution is 5.92. The molecule has 0 saturated carbocycles. The Morgan fingerprint density at radius 3 is 2.40 bits per heavy atom. The van der Waals surface area contributed by atoms with Crippen molar-refractivity contribution in [2.24, 2.45) is 0 Å². The minimum atomic E-state index is -0.239. The second kappa shape index (κ2) is 8.98. The van der Waals surface area contributed by atoms with Crippen molar-refractivity contribution in [3.63, 3.8) is 0 Å². The monoisotopic (exact) mass is 408 g/mol. The van der Waals surface area contributed by atoms with Crippen molar-refractivity contribution in [1.82, 2.24) is 15.1 Å². The predicted octanol–water partition coefficient (Wildman–Crippen LogP) is 4.11. The number of anilines is 1. The molecule has 2 heterocycles. The summed E-state index contributed by atoms with van der Waals surface area (Å²) in [5.41, 5.74) is 2.71. The summed E-state index contributed by atoms with van der Waals surface area (Å²) in [7, 11) is 0. The van der Waals surface area contributed by atoms with Crippen LogP contribution in [0.2, 0.25) is 0 Å². The lowest BCUT2D eigenvalue weighted by Crippen LogP contribution is -2.24. The van der Waals surface area contributed by atoms with Crippen LogP contribution in [0.1, 0.15) is 50.6 Å². The first kappa shape index (κ1) is 21.4. The minimum Gasteiger partial charge on any atom is -0.467 e. The number of aromatic nitrogens is 2. The molecule has 0 aliphatic heterocycles. The number of nitrogens with one attached hydrogen (secondary N) is 2. The van der Waals surface area contributed by atoms with Gasteiger partial charge in [0.05, 0.1) is 24.2 Å². The SMILES string of the molecule is Cc1ccc(-n2nc(C(C)(C)C)cc2NC(=O)CCC(=O)NCc2ccco2)cc1. The van der Waals surface area contributed by atoms with Crippen molar-refractivity contribution in [2.45, 2.75) is 52.5 Å². The number of carbonyl (C=O) groups excluding carboxylic acids is 2. The number of nitrogens with zero attached hydrogens (tertiary/aromatic N) is 2. The van der Waals surface area contributed by atoms with Gasteiger partial charge in [-0.3, -0.25) is 9.59 Å². The molecule has 2 amide bonds. The summed E-state index contributed by atoms with van der Waals surface area (Å²) >= 11 is 0. The zero-order valence-corrected chi connectivity index (χ0v) is 17.9. The van der Waals surface area contributed by atoms with Gasteiger partial charge in [0.2, 0.25) is 11.8 Å². The van der Waals surface area contributed by atoms with Gasteiger partial charge >= 0.3 is 0 Å². The van der Waals surface area contributed by atoms with E-state index in [2.05, 4.69) is 31.4 Å². The van der Waals surface area contributed by atoms with Gasteiger partial charge in [-0.2, -0.15) is 5.10 Å². The van der Waals surface area contributed by atoms with Crippen LogP contribution < -0.4 is 10.6 Å². The van der Waals surface area contributed by atoms with E-state index < -0.39 is 0 Å². The topological polar surface area (TPSA) is 89.2 Å². The molecule has 30 heavy (non-hydrogen) atoms. The van der Waals surface area contributed by atoms with Gasteiger partial charge < -0.3 is 15.1 Å². The number of rotatable bonds is 7. The largest absolute Gasteiger partial charge is 0.467 e. The molecule has 2 aromatic heterocycles. The Labute approximate surface area is 176 Å². The van der Waals surface area contributed by atoms with Crippen molar-refractivity contribution < 1.29 is 14.0 Å². The Morgan fingerprint density at radius 2 is 1.77 bits per heavy atom. The van der Waals surface area contributed by atoms with Gasteiger partial charge in [0.15, 0.2) is 0 Å². The van der Waals surface area contributed by atoms with Crippen LogP contribution in [0.5, 0.6) is 0 Å². The van der Waals surface area contributed by atoms with Crippen LogP contribution in [-0.4, -0.2) is 21.6 Å². The number of aryl methyl sites for hydroxylation is 1. The molecule has 0 aliphatic carbocycles. The summed E-state index contributed by atoms with van der Waals surface area (Å²) in [4.78, 5) is 24.5. The van der Waals surface area contributed by atoms with E-state index in [9.17, 15) is 9.59 Å². The first-order chi connectivity index (χ1) is 14.2. The van der Waals surface area contributed by atoms with E-state index in [1.54, 1.807) is 23.1 Å². The van der Waals surface area contributed by atoms with Crippen LogP contribution >= 0.6 is 0 Å². The van der Waals surface area contributed by atoms with Gasteiger partial charge in [0.25, 0.3) is 0 Å². The molecule has 0 atom stereocenters. The highest BCUT2D eigenvalue weighted by atomic mass is 16.3. The molecule has 0 aliphatic rings. The smallest absolute Gasteiger partial charge is 0.226 e. The number of benzene rings is 1. The normalized spacial score (nSPS) is 11.3. The lowest BCUT2D eigenvalue weighted by Gasteiger charge is -2.14. The lowest BCUT2D eigenvalue weighted by molar-refractivity contribution is -0.124. The number of furan rings is 1. The zero-order valence-electron chi connectivity index (χ0n) is 17.9. The summed E-state index contributed by atoms with van der Waals surface area (Å²) < 4.78 is 6.91. The number of hydrogen-bond donors (Lipinski definition) is 2. The van der Waals surface area contributed by atoms with Crippen LogP contribution in [0.25, 0.3) is 5.69 Å². The molecule has 7 heteroatoms. The molecule has 7 nitrogen and oxygen atoms in total. The average Bonchev–Trinajstić information content (AvgIpc) is 3.35. The molecule has 0 bridgehead atoms. The lowest BCUT2D eigenvalue weighted by atomic mass is 9.92. The molecule has 0 fully saturated rings. The maximum Gasteiger partial charge on any atom is 0.226 e. The van der Waals surface area contributed by atoms with E-state index in [1.165, 1.54) is 0 Å². The van der Waals surface area contributed by atoms with Gasteiger partial charge in [0.1, 0.15) is 11.6 Å². The van der Waals surface area contributed by atoms with Gasteiger partial charge in [0, 0.05) is 24.3 Å². The first-order valence-electron chi connectivity index (χ1n) is 9.99. The molecule has 3 rings (SSSR count). The van der Waals surface area contributed by atoms with Crippen LogP contribution in [0.15, 0.2) is 53.1 Å². The third-order valence-corrected chi connectivity index (χ3v) is 4.64. The number of carbonyl (C=O) groups is 2. The number of hydrogen-bond acceptors (Lipinski definition) is 4. The van der Waals surface area contributed by atoms with Crippen LogP contribution in [0.3, 0.4) is 0 Å². The summed E-state index contributed by atoms with van der Waals surface area (Å²) in [6.07, 6.45) is 1.73. The molecule has 0 saturated heterocycles. The molecule has 158 valence electrons. The first-order valence-corrected chi connectivity index (χ1v) is 9.99. The van der Waals surface area contributed by atoms with Gasteiger partial charge in [-0.05, 0) is 31.2 Å². The minimum absolute atomic E-state index is 0.0773. The van der Waals surface area contributed by atoms with Gasteiger partial charge in [-0.1, -0.05) is 38.5 Å². The maximum atomic E-state index is 12.5. The molecule has 1 aromatic carbocycles. The molecule has 0 unspecified atom stereocenters. The summed E-state index contributed by atoms with van der Waals surface area (Å²) in [6.45, 7) is 8.55. The third-order valence-electron chi connectivity index (χ3n) is 4.64. The van der Waals surface area contributed by atoms with E-state index in [-0.39, 0.29) is 30.1 Å². The fourth-order valence-electron chi connectivity index (χ4n) is 2.84. The highest BCUT2D eigenvalue weighted by Crippen LogP contribution is 2.26. The molecule has 0 radical (unpaired) electrons. The van der Waals surface area contributed by atoms with Crippen LogP contribution in [0, 0.1) is 6.92 Å². The predicted molar refractivity (Wildman–Crippen MR) is 115 cm³/mol. The van der Waals surface area contributed by atoms with Crippen molar-refractivity contribution in [1.29, 1.82) is 0 Å². The Balaban J connectivity index is 1.65. The summed E-state index contributed by atoms with van der Waals surface area (Å²) in [5, 5.41) is 10.3. The summed E-state index contributed by atoms with van der Waals surface area (Å²) in [6, 6.07) is 13.4. The fraction of sp³-hybridized carbons (Fsp3) is 0.348. The molecule has 0 spiro atoms. The van der Waals surface area contributed by atoms with Crippen LogP contribution in [-0.2, 0) is 21.5 Å². The Kier molecular flexibility index (Phi) is 6.40. The van der Waals surface area contributed by atoms with Crippen molar-refractivity contribution in [3.8, 4) is 5.69 Å². The summed E-state index contributed by atoms with van der Waals surface area (Å²) in [5.74, 6) is 0.815. The van der Waals surface area contributed by atoms with Gasteiger partial charge in [-0.25, -0.2) is 4.68 Å². The van der Waals surface area contributed by atoms with E-state index >= 15 is 0 Å². The van der Waals surface area contributed by atoms with E-state index in [0.717, 1.165) is 16.9 Å². The van der Waals surface area contributed by atoms with E-state index in [4.69, 9.17) is 9.52 Å². The molecular formula is C23H28N4O3. The van der Waals surface area contributed by atoms with E-state index in [0.29, 0.717) is 18.1 Å². The van der Waals surface area contributed by atoms with Crippen molar-refractivity contribution >= 4 is 17.6 Å². The molecule has 2 N–H and O–H groups in total. The van der Waals surface area contributed by atoms with Crippen molar-refractivity contribution in [2.75, 3.05) is 5.32 Å². The van der Waals surface area contributed by atoms with E-state index in [1.807, 2.05) is 37.3 Å². The Bertz CT molecular complexity index is 996. The average molecular weight is 409 g/mol. The number of amides is 2. The zero-order chi connectivity index (χ0) is 21.7. The highest BCUT2D eigenvalue weighted by Gasteiger charge is 2.21. The molecule has 3 aromatic rings.